The molecule has 1 heterocycles. The van der Waals surface area contributed by atoms with Gasteiger partial charge in [-0.3, -0.25) is 0 Å². The largest absolute Gasteiger partial charge is 0.504 e. The van der Waals surface area contributed by atoms with Gasteiger partial charge in [-0.1, -0.05) is 6.07 Å². The molecule has 0 saturated carbocycles. The summed E-state index contributed by atoms with van der Waals surface area (Å²) in [6.45, 7) is -0.272. The maximum absolute atomic E-state index is 11.6. The standard InChI is InChI=1S/C14H16O8/c15-8-3-1-7(5-9(8)16)2-4-11(18)22-14-13(20)12(19)10(17)6-21-14/h1-5,10,12-17,19-20H,6H2. The normalized spacial score (nSPS) is 28.7. The number of benzene rings is 1. The van der Waals surface area contributed by atoms with Crippen molar-refractivity contribution >= 4 is 12.0 Å². The molecule has 8 heteroatoms. The second kappa shape index (κ2) is 6.75. The molecule has 0 aromatic heterocycles. The predicted molar refractivity (Wildman–Crippen MR) is 72.7 cm³/mol. The van der Waals surface area contributed by atoms with E-state index >= 15 is 0 Å². The van der Waals surface area contributed by atoms with Gasteiger partial charge in [0.1, 0.15) is 18.3 Å². The highest BCUT2D eigenvalue weighted by Gasteiger charge is 2.39. The molecule has 5 N–H and O–H groups in total. The monoisotopic (exact) mass is 312 g/mol. The van der Waals surface area contributed by atoms with Gasteiger partial charge in [-0.05, 0) is 23.8 Å². The summed E-state index contributed by atoms with van der Waals surface area (Å²) < 4.78 is 9.74. The first-order chi connectivity index (χ1) is 10.4. The van der Waals surface area contributed by atoms with E-state index in [0.29, 0.717) is 5.56 Å². The lowest BCUT2D eigenvalue weighted by Crippen LogP contribution is -2.54. The summed E-state index contributed by atoms with van der Waals surface area (Å²) in [6.07, 6.45) is -3.31. The van der Waals surface area contributed by atoms with E-state index in [1.54, 1.807) is 0 Å². The van der Waals surface area contributed by atoms with Gasteiger partial charge in [-0.25, -0.2) is 4.79 Å². The smallest absolute Gasteiger partial charge is 0.333 e. The second-order valence-electron chi connectivity index (χ2n) is 4.77. The fraction of sp³-hybridized carbons (Fsp3) is 0.357. The molecule has 0 amide bonds. The molecule has 4 atom stereocenters. The van der Waals surface area contributed by atoms with E-state index in [2.05, 4.69) is 0 Å². The number of carbonyl (C=O) groups excluding carboxylic acids is 1. The first-order valence-electron chi connectivity index (χ1n) is 6.45. The lowest BCUT2D eigenvalue weighted by Gasteiger charge is -2.34. The summed E-state index contributed by atoms with van der Waals surface area (Å²) in [5, 5.41) is 46.8. The van der Waals surface area contributed by atoms with Crippen LogP contribution in [0.2, 0.25) is 0 Å². The van der Waals surface area contributed by atoms with Crippen molar-refractivity contribution in [1.29, 1.82) is 0 Å². The maximum atomic E-state index is 11.6. The molecule has 0 bridgehead atoms. The van der Waals surface area contributed by atoms with E-state index in [9.17, 15) is 25.2 Å². The highest BCUT2D eigenvalue weighted by Crippen LogP contribution is 2.25. The quantitative estimate of drug-likeness (QED) is 0.275. The Kier molecular flexibility index (Phi) is 4.99. The summed E-state index contributed by atoms with van der Waals surface area (Å²) in [5.74, 6) is -1.47. The molecule has 8 nitrogen and oxygen atoms in total. The number of carbonyl (C=O) groups is 1. The molecule has 2 rings (SSSR count). The molecular formula is C14H16O8. The molecule has 22 heavy (non-hydrogen) atoms. The van der Waals surface area contributed by atoms with Crippen LogP contribution in [-0.4, -0.2) is 62.7 Å². The van der Waals surface area contributed by atoms with Crippen molar-refractivity contribution in [3.05, 3.63) is 29.8 Å². The van der Waals surface area contributed by atoms with E-state index < -0.39 is 30.6 Å². The molecular weight excluding hydrogens is 296 g/mol. The lowest BCUT2D eigenvalue weighted by atomic mass is 10.1. The zero-order valence-corrected chi connectivity index (χ0v) is 11.4. The molecule has 1 aromatic carbocycles. The van der Waals surface area contributed by atoms with Crippen LogP contribution in [0.5, 0.6) is 11.5 Å². The third-order valence-corrected chi connectivity index (χ3v) is 3.10. The van der Waals surface area contributed by atoms with Crippen molar-refractivity contribution in [3.63, 3.8) is 0 Å². The average molecular weight is 312 g/mol. The molecule has 1 saturated heterocycles. The van der Waals surface area contributed by atoms with Gasteiger partial charge in [0.25, 0.3) is 0 Å². The molecule has 1 aromatic rings. The number of ether oxygens (including phenoxy) is 2. The summed E-state index contributed by atoms with van der Waals surface area (Å²) in [7, 11) is 0. The van der Waals surface area contributed by atoms with Crippen LogP contribution in [-0.2, 0) is 14.3 Å². The van der Waals surface area contributed by atoms with E-state index in [0.717, 1.165) is 6.08 Å². The number of hydrogen-bond acceptors (Lipinski definition) is 8. The first-order valence-corrected chi connectivity index (χ1v) is 6.45. The number of phenols is 2. The Balaban J connectivity index is 1.95. The van der Waals surface area contributed by atoms with Crippen molar-refractivity contribution in [1.82, 2.24) is 0 Å². The van der Waals surface area contributed by atoms with E-state index in [1.165, 1.54) is 24.3 Å². The van der Waals surface area contributed by atoms with Crippen LogP contribution in [0, 0.1) is 0 Å². The summed E-state index contributed by atoms with van der Waals surface area (Å²) >= 11 is 0. The molecule has 0 spiro atoms. The minimum atomic E-state index is -1.56. The molecule has 1 fully saturated rings. The Bertz CT molecular complexity index is 570. The third kappa shape index (κ3) is 3.74. The van der Waals surface area contributed by atoms with Crippen LogP contribution >= 0.6 is 0 Å². The van der Waals surface area contributed by atoms with Crippen molar-refractivity contribution in [2.75, 3.05) is 6.61 Å². The zero-order valence-electron chi connectivity index (χ0n) is 11.4. The zero-order chi connectivity index (χ0) is 16.3. The van der Waals surface area contributed by atoms with Gasteiger partial charge in [-0.2, -0.15) is 0 Å². The SMILES string of the molecule is O=C(C=Cc1ccc(O)c(O)c1)OC1OCC(O)C(O)C1O. The van der Waals surface area contributed by atoms with Gasteiger partial charge < -0.3 is 35.0 Å². The van der Waals surface area contributed by atoms with Gasteiger partial charge in [-0.15, -0.1) is 0 Å². The van der Waals surface area contributed by atoms with Crippen molar-refractivity contribution in [3.8, 4) is 11.5 Å². The molecule has 120 valence electrons. The summed E-state index contributed by atoms with van der Waals surface area (Å²) in [5.41, 5.74) is 0.438. The first kappa shape index (κ1) is 16.2. The summed E-state index contributed by atoms with van der Waals surface area (Å²) in [6, 6.07) is 3.96. The van der Waals surface area contributed by atoms with Gasteiger partial charge >= 0.3 is 5.97 Å². The van der Waals surface area contributed by atoms with Crippen LogP contribution in [0.15, 0.2) is 24.3 Å². The maximum Gasteiger partial charge on any atom is 0.333 e. The van der Waals surface area contributed by atoms with Crippen LogP contribution in [0.4, 0.5) is 0 Å². The topological polar surface area (TPSA) is 137 Å². The van der Waals surface area contributed by atoms with Gasteiger partial charge in [0, 0.05) is 6.08 Å². The van der Waals surface area contributed by atoms with Crippen molar-refractivity contribution in [2.24, 2.45) is 0 Å². The Labute approximate surface area is 125 Å². The average Bonchev–Trinajstić information content (AvgIpc) is 2.49. The minimum Gasteiger partial charge on any atom is -0.504 e. The van der Waals surface area contributed by atoms with Crippen LogP contribution in [0.3, 0.4) is 0 Å². The van der Waals surface area contributed by atoms with Gasteiger partial charge in [0.15, 0.2) is 11.5 Å². The van der Waals surface area contributed by atoms with E-state index in [1.807, 2.05) is 0 Å². The Morgan fingerprint density at radius 2 is 1.91 bits per heavy atom. The highest BCUT2D eigenvalue weighted by atomic mass is 16.7. The molecule has 1 aliphatic rings. The molecule has 4 unspecified atom stereocenters. The summed E-state index contributed by atoms with van der Waals surface area (Å²) in [4.78, 5) is 11.6. The number of aliphatic hydroxyl groups is 3. The number of phenolic OH excluding ortho intramolecular Hbond substituents is 2. The Morgan fingerprint density at radius 3 is 2.59 bits per heavy atom. The minimum absolute atomic E-state index is 0.272. The Morgan fingerprint density at radius 1 is 1.18 bits per heavy atom. The predicted octanol–water partition coefficient (Wildman–Crippen LogP) is -0.907. The van der Waals surface area contributed by atoms with Crippen LogP contribution in [0.25, 0.3) is 6.08 Å². The Hall–Kier alpha value is -2.13. The van der Waals surface area contributed by atoms with Crippen LogP contribution in [0.1, 0.15) is 5.56 Å². The molecule has 1 aliphatic heterocycles. The van der Waals surface area contributed by atoms with Gasteiger partial charge in [0.05, 0.1) is 6.61 Å². The van der Waals surface area contributed by atoms with Crippen molar-refractivity contribution < 1.29 is 39.8 Å². The third-order valence-electron chi connectivity index (χ3n) is 3.10. The van der Waals surface area contributed by atoms with Crippen LogP contribution < -0.4 is 0 Å². The fourth-order valence-electron chi connectivity index (χ4n) is 1.85. The molecule has 0 radical (unpaired) electrons. The number of esters is 1. The molecule has 0 aliphatic carbocycles. The highest BCUT2D eigenvalue weighted by molar-refractivity contribution is 5.87. The lowest BCUT2D eigenvalue weighted by molar-refractivity contribution is -0.260. The second-order valence-corrected chi connectivity index (χ2v) is 4.77. The van der Waals surface area contributed by atoms with Crippen molar-refractivity contribution in [2.45, 2.75) is 24.6 Å². The van der Waals surface area contributed by atoms with E-state index in [4.69, 9.17) is 14.6 Å². The number of aliphatic hydroxyl groups excluding tert-OH is 3. The van der Waals surface area contributed by atoms with Gasteiger partial charge in [0.2, 0.25) is 6.29 Å². The number of aromatic hydroxyl groups is 2. The number of hydrogen-bond donors (Lipinski definition) is 5. The van der Waals surface area contributed by atoms with E-state index in [-0.39, 0.29) is 18.1 Å². The fourth-order valence-corrected chi connectivity index (χ4v) is 1.85. The number of rotatable bonds is 3.